The molecule has 0 N–H and O–H groups in total. The highest BCUT2D eigenvalue weighted by Gasteiger charge is 2.24. The maximum atomic E-state index is 2.72. The Kier molecular flexibility index (Phi) is 28.8. The molecule has 1 heterocycles. The number of nitrogens with zero attached hydrogens (tertiary/aromatic N) is 2. The lowest BCUT2D eigenvalue weighted by Crippen LogP contribution is -2.39. The van der Waals surface area contributed by atoms with E-state index in [1.54, 1.807) is 0 Å². The molecule has 0 spiro atoms. The van der Waals surface area contributed by atoms with Crippen molar-refractivity contribution in [3.8, 4) is 0 Å². The van der Waals surface area contributed by atoms with Crippen molar-refractivity contribution in [2.75, 3.05) is 13.1 Å². The van der Waals surface area contributed by atoms with Crippen molar-refractivity contribution in [1.82, 2.24) is 9.80 Å². The Morgan fingerprint density at radius 2 is 0.561 bits per heavy atom. The minimum absolute atomic E-state index is 0.640. The number of rotatable bonds is 33. The van der Waals surface area contributed by atoms with Crippen molar-refractivity contribution >= 4 is 0 Å². The van der Waals surface area contributed by atoms with E-state index in [0.29, 0.717) is 6.17 Å². The Morgan fingerprint density at radius 3 is 0.854 bits per heavy atom. The van der Waals surface area contributed by atoms with Gasteiger partial charge in [0.05, 0.1) is 0 Å². The molecule has 0 radical (unpaired) electrons. The van der Waals surface area contributed by atoms with Gasteiger partial charge in [-0.15, -0.1) is 0 Å². The molecule has 0 aliphatic carbocycles. The van der Waals surface area contributed by atoms with E-state index in [4.69, 9.17) is 0 Å². The summed E-state index contributed by atoms with van der Waals surface area (Å²) in [6.07, 6.45) is 49.9. The fourth-order valence-corrected chi connectivity index (χ4v) is 6.72. The second-order valence-corrected chi connectivity index (χ2v) is 13.6. The first-order valence-corrected chi connectivity index (χ1v) is 19.5. The van der Waals surface area contributed by atoms with Gasteiger partial charge in [0.15, 0.2) is 0 Å². The summed E-state index contributed by atoms with van der Waals surface area (Å²) in [4.78, 5) is 5.43. The van der Waals surface area contributed by atoms with Gasteiger partial charge < -0.3 is 9.80 Å². The minimum atomic E-state index is 0.640. The van der Waals surface area contributed by atoms with Crippen LogP contribution in [0.25, 0.3) is 0 Å². The van der Waals surface area contributed by atoms with E-state index < -0.39 is 0 Å². The van der Waals surface area contributed by atoms with E-state index >= 15 is 0 Å². The highest BCUT2D eigenvalue weighted by atomic mass is 15.4. The lowest BCUT2D eigenvalue weighted by Gasteiger charge is -2.33. The Bertz CT molecular complexity index is 530. The summed E-state index contributed by atoms with van der Waals surface area (Å²) in [6.45, 7) is 9.48. The summed E-state index contributed by atoms with van der Waals surface area (Å²) in [5.74, 6) is 0. The highest BCUT2D eigenvalue weighted by molar-refractivity contribution is 4.97. The van der Waals surface area contributed by atoms with Gasteiger partial charge in [0, 0.05) is 25.5 Å². The predicted octanol–water partition coefficient (Wildman–Crippen LogP) is 13.6. The van der Waals surface area contributed by atoms with Crippen LogP contribution in [0, 0.1) is 0 Å². The third-order valence-electron chi connectivity index (χ3n) is 9.57. The van der Waals surface area contributed by atoms with Crippen LogP contribution in [0.5, 0.6) is 0 Å². The fraction of sp³-hybridized carbons (Fsp3) is 0.949. The molecule has 0 bridgehead atoms. The van der Waals surface area contributed by atoms with Crippen LogP contribution in [0.15, 0.2) is 12.4 Å². The quantitative estimate of drug-likeness (QED) is 0.0719. The van der Waals surface area contributed by atoms with Crippen LogP contribution < -0.4 is 0 Å². The molecule has 1 rings (SSSR count). The van der Waals surface area contributed by atoms with Gasteiger partial charge >= 0.3 is 0 Å². The largest absolute Gasteiger partial charge is 0.356 e. The van der Waals surface area contributed by atoms with E-state index in [0.717, 1.165) is 0 Å². The third kappa shape index (κ3) is 23.5. The molecule has 41 heavy (non-hydrogen) atoms. The van der Waals surface area contributed by atoms with E-state index in [2.05, 4.69) is 43.0 Å². The van der Waals surface area contributed by atoms with Gasteiger partial charge in [-0.1, -0.05) is 194 Å². The van der Waals surface area contributed by atoms with E-state index in [1.807, 2.05) is 0 Å². The molecule has 2 heteroatoms. The zero-order chi connectivity index (χ0) is 29.5. The normalized spacial score (nSPS) is 15.0. The molecular formula is C39H78N2. The van der Waals surface area contributed by atoms with Gasteiger partial charge in [0.25, 0.3) is 0 Å². The second-order valence-electron chi connectivity index (χ2n) is 13.6. The van der Waals surface area contributed by atoms with Crippen molar-refractivity contribution in [1.29, 1.82) is 0 Å². The highest BCUT2D eigenvalue weighted by Crippen LogP contribution is 2.24. The summed E-state index contributed by atoms with van der Waals surface area (Å²) in [6, 6.07) is 0. The average molecular weight is 575 g/mol. The summed E-state index contributed by atoms with van der Waals surface area (Å²) in [7, 11) is 0. The smallest absolute Gasteiger partial charge is 0.101 e. The molecule has 0 aromatic heterocycles. The van der Waals surface area contributed by atoms with Gasteiger partial charge in [-0.25, -0.2) is 0 Å². The molecular weight excluding hydrogens is 496 g/mol. The molecule has 0 amide bonds. The van der Waals surface area contributed by atoms with Crippen molar-refractivity contribution in [2.45, 2.75) is 226 Å². The SMILES string of the molecule is CCCCCCCCCCCCCCC1N(CCCCCCCCC)C=CN1CCCCCCCCCCCCC. The zero-order valence-corrected chi connectivity index (χ0v) is 29.0. The van der Waals surface area contributed by atoms with E-state index in [1.165, 1.54) is 212 Å². The van der Waals surface area contributed by atoms with Gasteiger partial charge in [-0.05, 0) is 25.7 Å². The van der Waals surface area contributed by atoms with Crippen LogP contribution in [0.3, 0.4) is 0 Å². The minimum Gasteiger partial charge on any atom is -0.356 e. The zero-order valence-electron chi connectivity index (χ0n) is 29.0. The van der Waals surface area contributed by atoms with Crippen molar-refractivity contribution in [3.05, 3.63) is 12.4 Å². The molecule has 1 atom stereocenters. The topological polar surface area (TPSA) is 6.48 Å². The first kappa shape index (κ1) is 38.4. The van der Waals surface area contributed by atoms with Crippen LogP contribution in [-0.2, 0) is 0 Å². The van der Waals surface area contributed by atoms with E-state index in [9.17, 15) is 0 Å². The Balaban J connectivity index is 2.22. The van der Waals surface area contributed by atoms with Gasteiger partial charge in [-0.2, -0.15) is 0 Å². The van der Waals surface area contributed by atoms with Crippen LogP contribution in [0.4, 0.5) is 0 Å². The van der Waals surface area contributed by atoms with Crippen molar-refractivity contribution < 1.29 is 0 Å². The number of hydrogen-bond donors (Lipinski definition) is 0. The number of hydrogen-bond acceptors (Lipinski definition) is 2. The average Bonchev–Trinajstić information content (AvgIpc) is 3.37. The third-order valence-corrected chi connectivity index (χ3v) is 9.57. The Hall–Kier alpha value is -0.660. The summed E-state index contributed by atoms with van der Waals surface area (Å²) in [5.41, 5.74) is 0. The predicted molar refractivity (Wildman–Crippen MR) is 186 cm³/mol. The Labute approximate surface area is 260 Å². The molecule has 0 fully saturated rings. The molecule has 0 aromatic carbocycles. The van der Waals surface area contributed by atoms with Crippen LogP contribution in [-0.4, -0.2) is 29.1 Å². The maximum Gasteiger partial charge on any atom is 0.101 e. The fourth-order valence-electron chi connectivity index (χ4n) is 6.72. The summed E-state index contributed by atoms with van der Waals surface area (Å²) >= 11 is 0. The van der Waals surface area contributed by atoms with Gasteiger partial charge in [-0.3, -0.25) is 0 Å². The van der Waals surface area contributed by atoms with Crippen molar-refractivity contribution in [2.24, 2.45) is 0 Å². The van der Waals surface area contributed by atoms with Gasteiger partial charge in [0.2, 0.25) is 0 Å². The molecule has 1 aliphatic heterocycles. The van der Waals surface area contributed by atoms with Crippen LogP contribution in [0.2, 0.25) is 0 Å². The molecule has 1 unspecified atom stereocenters. The Morgan fingerprint density at radius 1 is 0.317 bits per heavy atom. The first-order chi connectivity index (χ1) is 20.3. The lowest BCUT2D eigenvalue weighted by atomic mass is 10.0. The molecule has 0 saturated carbocycles. The number of unbranched alkanes of at least 4 members (excludes halogenated alkanes) is 27. The monoisotopic (exact) mass is 575 g/mol. The first-order valence-electron chi connectivity index (χ1n) is 19.5. The maximum absolute atomic E-state index is 2.72. The van der Waals surface area contributed by atoms with Crippen LogP contribution in [0.1, 0.15) is 220 Å². The van der Waals surface area contributed by atoms with Crippen LogP contribution >= 0.6 is 0 Å². The molecule has 2 nitrogen and oxygen atoms in total. The second kappa shape index (κ2) is 30.8. The lowest BCUT2D eigenvalue weighted by molar-refractivity contribution is 0.135. The summed E-state index contributed by atoms with van der Waals surface area (Å²) in [5, 5.41) is 0. The van der Waals surface area contributed by atoms with Crippen molar-refractivity contribution in [3.63, 3.8) is 0 Å². The summed E-state index contributed by atoms with van der Waals surface area (Å²) < 4.78 is 0. The standard InChI is InChI=1S/C39H78N2/c1-4-7-10-13-16-18-20-21-23-25-28-31-34-39-40(35-32-29-26-15-12-9-6-3)37-38-41(39)36-33-30-27-24-22-19-17-14-11-8-5-2/h37-39H,4-36H2,1-3H3. The van der Waals surface area contributed by atoms with Gasteiger partial charge in [0.1, 0.15) is 6.17 Å². The molecule has 0 saturated heterocycles. The molecule has 0 aromatic rings. The molecule has 244 valence electrons. The van der Waals surface area contributed by atoms with E-state index in [-0.39, 0.29) is 0 Å². The molecule has 1 aliphatic rings.